The van der Waals surface area contributed by atoms with Crippen molar-refractivity contribution in [3.8, 4) is 11.5 Å². The van der Waals surface area contributed by atoms with Crippen LogP contribution >= 0.6 is 15.6 Å². The van der Waals surface area contributed by atoms with E-state index in [0.717, 1.165) is 24.3 Å². The number of halogens is 2. The maximum Gasteiger partial charge on any atom is 0.527 e. The molecule has 1 aliphatic rings. The van der Waals surface area contributed by atoms with Gasteiger partial charge in [-0.2, -0.15) is 4.98 Å². The number of benzene rings is 2. The third-order valence-corrected chi connectivity index (χ3v) is 8.09. The molecular weight excluding hydrogens is 574 g/mol. The topological polar surface area (TPSA) is 181 Å². The standard InChI is InChI=1S/C23H23F2N5O8P2/c24-15-3-1-5-17(8-15)37-39(31,32)35-11-14-7-21(30-13-28-20-10-27-23(26)29-22(20)30)19(14)12-36-40(33,34)38-18-6-2-4-16(25)9-18/h1-6,8-10,13-14,19,21H,7,11-12H2,(H,31,32)(H,33,34)(H2,26,27,29)/t14-,19+,21-/m1/s1. The Morgan fingerprint density at radius 2 is 1.55 bits per heavy atom. The Labute approximate surface area is 225 Å². The second-order valence-electron chi connectivity index (χ2n) is 8.94. The molecule has 13 nitrogen and oxygen atoms in total. The minimum Gasteiger partial charge on any atom is -0.404 e. The monoisotopic (exact) mass is 597 g/mol. The SMILES string of the molecule is Nc1ncc2ncn([C@@H]3C[C@H](COP(=O)(O)Oc4cccc(F)c4)[C@@H]3COP(=O)(O)Oc3cccc(F)c3)c2n1. The van der Waals surface area contributed by atoms with Crippen molar-refractivity contribution in [2.45, 2.75) is 12.5 Å². The molecule has 40 heavy (non-hydrogen) atoms. The van der Waals surface area contributed by atoms with Crippen LogP contribution in [-0.4, -0.2) is 42.5 Å². The van der Waals surface area contributed by atoms with Gasteiger partial charge in [-0.15, -0.1) is 0 Å². The van der Waals surface area contributed by atoms with E-state index in [1.165, 1.54) is 36.8 Å². The number of nitrogens with zero attached hydrogens (tertiary/aromatic N) is 4. The Morgan fingerprint density at radius 3 is 2.15 bits per heavy atom. The van der Waals surface area contributed by atoms with E-state index in [2.05, 4.69) is 15.0 Å². The van der Waals surface area contributed by atoms with Crippen LogP contribution in [0, 0.1) is 23.5 Å². The Morgan fingerprint density at radius 1 is 0.950 bits per heavy atom. The van der Waals surface area contributed by atoms with Crippen molar-refractivity contribution in [3.05, 3.63) is 72.7 Å². The molecular formula is C23H23F2N5O8P2. The first-order valence-corrected chi connectivity index (χ1v) is 14.8. The van der Waals surface area contributed by atoms with Crippen molar-refractivity contribution in [1.82, 2.24) is 19.5 Å². The van der Waals surface area contributed by atoms with E-state index < -0.39 is 45.2 Å². The van der Waals surface area contributed by atoms with Gasteiger partial charge in [0.2, 0.25) is 5.95 Å². The summed E-state index contributed by atoms with van der Waals surface area (Å²) < 4.78 is 74.0. The fraction of sp³-hybridized carbons (Fsp3) is 0.261. The van der Waals surface area contributed by atoms with Crippen molar-refractivity contribution in [1.29, 1.82) is 0 Å². The fourth-order valence-electron chi connectivity index (χ4n) is 4.36. The highest BCUT2D eigenvalue weighted by Crippen LogP contribution is 2.52. The lowest BCUT2D eigenvalue weighted by atomic mass is 9.70. The molecule has 0 spiro atoms. The predicted molar refractivity (Wildman–Crippen MR) is 136 cm³/mol. The Bertz CT molecular complexity index is 1630. The number of hydrogen-bond acceptors (Lipinski definition) is 10. The molecule has 1 aliphatic carbocycles. The molecule has 5 atom stereocenters. The van der Waals surface area contributed by atoms with E-state index in [4.69, 9.17) is 23.8 Å². The molecule has 17 heteroatoms. The number of hydrogen-bond donors (Lipinski definition) is 3. The molecule has 212 valence electrons. The number of nitrogen functional groups attached to an aromatic ring is 1. The fourth-order valence-corrected chi connectivity index (χ4v) is 5.96. The summed E-state index contributed by atoms with van der Waals surface area (Å²) in [7, 11) is -9.35. The highest BCUT2D eigenvalue weighted by Gasteiger charge is 2.45. The van der Waals surface area contributed by atoms with E-state index in [9.17, 15) is 27.7 Å². The normalized spacial score (nSPS) is 21.8. The minimum absolute atomic E-state index is 0.0142. The Hall–Kier alpha value is -3.45. The van der Waals surface area contributed by atoms with E-state index in [-0.39, 0.29) is 30.7 Å². The van der Waals surface area contributed by atoms with Crippen LogP contribution in [0.4, 0.5) is 14.7 Å². The summed E-state index contributed by atoms with van der Waals surface area (Å²) in [5, 5.41) is 0. The summed E-state index contributed by atoms with van der Waals surface area (Å²) in [6, 6.07) is 8.93. The number of nitrogens with two attached hydrogens (primary N) is 1. The number of phosphoric acid groups is 2. The molecule has 1 fully saturated rings. The quantitative estimate of drug-likeness (QED) is 0.209. The van der Waals surface area contributed by atoms with Crippen molar-refractivity contribution < 1.29 is 45.8 Å². The van der Waals surface area contributed by atoms with Crippen LogP contribution in [0.2, 0.25) is 0 Å². The molecule has 2 aromatic heterocycles. The summed E-state index contributed by atoms with van der Waals surface area (Å²) in [4.78, 5) is 32.8. The van der Waals surface area contributed by atoms with Gasteiger partial charge >= 0.3 is 15.6 Å². The molecule has 4 N–H and O–H groups in total. The first-order chi connectivity index (χ1) is 19.0. The molecule has 5 rings (SSSR count). The van der Waals surface area contributed by atoms with Crippen LogP contribution in [0.3, 0.4) is 0 Å². The lowest BCUT2D eigenvalue weighted by molar-refractivity contribution is -0.00445. The van der Waals surface area contributed by atoms with Gasteiger partial charge in [0.15, 0.2) is 5.65 Å². The third kappa shape index (κ3) is 6.64. The van der Waals surface area contributed by atoms with E-state index in [0.29, 0.717) is 17.6 Å². The summed E-state index contributed by atoms with van der Waals surface area (Å²) in [6.07, 6.45) is 3.31. The van der Waals surface area contributed by atoms with Crippen LogP contribution < -0.4 is 14.8 Å². The minimum atomic E-state index is -4.70. The average molecular weight is 597 g/mol. The second kappa shape index (κ2) is 11.2. The lowest BCUT2D eigenvalue weighted by Crippen LogP contribution is -2.43. The second-order valence-corrected chi connectivity index (χ2v) is 11.7. The van der Waals surface area contributed by atoms with Gasteiger partial charge in [0, 0.05) is 24.1 Å². The van der Waals surface area contributed by atoms with Gasteiger partial charge in [0.25, 0.3) is 0 Å². The molecule has 2 aromatic carbocycles. The zero-order valence-electron chi connectivity index (χ0n) is 20.5. The predicted octanol–water partition coefficient (Wildman–Crippen LogP) is 4.26. The zero-order valence-corrected chi connectivity index (χ0v) is 22.3. The molecule has 2 heterocycles. The molecule has 0 amide bonds. The summed E-state index contributed by atoms with van der Waals surface area (Å²) >= 11 is 0. The summed E-state index contributed by atoms with van der Waals surface area (Å²) in [6.45, 7) is -0.666. The smallest absolute Gasteiger partial charge is 0.404 e. The van der Waals surface area contributed by atoms with Crippen LogP contribution in [-0.2, 0) is 18.2 Å². The van der Waals surface area contributed by atoms with Gasteiger partial charge in [0.05, 0.1) is 25.7 Å². The number of rotatable bonds is 11. The van der Waals surface area contributed by atoms with Gasteiger partial charge < -0.3 is 19.3 Å². The zero-order chi connectivity index (χ0) is 28.5. The Kier molecular flexibility index (Phi) is 7.87. The van der Waals surface area contributed by atoms with Crippen molar-refractivity contribution in [3.63, 3.8) is 0 Å². The number of imidazole rings is 1. The van der Waals surface area contributed by atoms with Crippen LogP contribution in [0.5, 0.6) is 11.5 Å². The number of phosphoric ester groups is 2. The van der Waals surface area contributed by atoms with Gasteiger partial charge in [-0.1, -0.05) is 12.1 Å². The van der Waals surface area contributed by atoms with Crippen LogP contribution in [0.25, 0.3) is 11.2 Å². The van der Waals surface area contributed by atoms with E-state index in [1.807, 2.05) is 0 Å². The highest BCUT2D eigenvalue weighted by atomic mass is 31.2. The first-order valence-electron chi connectivity index (χ1n) is 11.8. The van der Waals surface area contributed by atoms with Gasteiger partial charge in [0.1, 0.15) is 28.7 Å². The molecule has 0 aliphatic heterocycles. The largest absolute Gasteiger partial charge is 0.527 e. The average Bonchev–Trinajstić information content (AvgIpc) is 3.25. The number of anilines is 1. The lowest BCUT2D eigenvalue weighted by Gasteiger charge is -2.45. The van der Waals surface area contributed by atoms with Crippen molar-refractivity contribution in [2.24, 2.45) is 11.8 Å². The molecule has 1 saturated carbocycles. The third-order valence-electron chi connectivity index (χ3n) is 6.25. The molecule has 2 unspecified atom stereocenters. The van der Waals surface area contributed by atoms with Gasteiger partial charge in [-0.3, -0.25) is 18.8 Å². The molecule has 0 saturated heterocycles. The maximum absolute atomic E-state index is 13.5. The number of fused-ring (bicyclic) bond motifs is 1. The van der Waals surface area contributed by atoms with Crippen molar-refractivity contribution in [2.75, 3.05) is 18.9 Å². The van der Waals surface area contributed by atoms with E-state index in [1.54, 1.807) is 4.57 Å². The highest BCUT2D eigenvalue weighted by molar-refractivity contribution is 7.48. The summed E-state index contributed by atoms with van der Waals surface area (Å²) in [5.41, 5.74) is 6.59. The summed E-state index contributed by atoms with van der Waals surface area (Å²) in [5.74, 6) is -2.76. The molecule has 0 radical (unpaired) electrons. The van der Waals surface area contributed by atoms with E-state index >= 15 is 0 Å². The van der Waals surface area contributed by atoms with Crippen LogP contribution in [0.1, 0.15) is 12.5 Å². The Balaban J connectivity index is 1.31. The van der Waals surface area contributed by atoms with Crippen molar-refractivity contribution >= 4 is 32.8 Å². The van der Waals surface area contributed by atoms with Crippen LogP contribution in [0.15, 0.2) is 61.1 Å². The van der Waals surface area contributed by atoms with Gasteiger partial charge in [-0.25, -0.2) is 27.9 Å². The first kappa shape index (κ1) is 28.1. The maximum atomic E-state index is 13.5. The molecule has 0 bridgehead atoms. The van der Waals surface area contributed by atoms with Gasteiger partial charge in [-0.05, 0) is 36.6 Å². The number of aromatic nitrogens is 4. The molecule has 4 aromatic rings.